The molecular formula is C16H12ClN3O. The van der Waals surface area contributed by atoms with Crippen molar-refractivity contribution in [2.45, 2.75) is 0 Å². The molecule has 0 atom stereocenters. The van der Waals surface area contributed by atoms with Crippen LogP contribution in [0.25, 0.3) is 10.9 Å². The molecular weight excluding hydrogens is 286 g/mol. The van der Waals surface area contributed by atoms with Gasteiger partial charge in [0.05, 0.1) is 17.4 Å². The number of benzene rings is 2. The van der Waals surface area contributed by atoms with Crippen molar-refractivity contribution in [3.8, 4) is 0 Å². The smallest absolute Gasteiger partial charge is 0.255 e. The van der Waals surface area contributed by atoms with Crippen LogP contribution in [0.3, 0.4) is 0 Å². The first-order valence-corrected chi connectivity index (χ1v) is 6.72. The zero-order valence-corrected chi connectivity index (χ0v) is 11.8. The third-order valence-electron chi connectivity index (χ3n) is 3.03. The molecule has 5 heteroatoms. The Morgan fingerprint density at radius 3 is 2.76 bits per heavy atom. The average Bonchev–Trinajstić information content (AvgIpc) is 2.46. The Balaban J connectivity index is 1.88. The summed E-state index contributed by atoms with van der Waals surface area (Å²) in [4.78, 5) is 16.5. The lowest BCUT2D eigenvalue weighted by atomic mass is 10.1. The number of para-hydroxylation sites is 1. The van der Waals surface area contributed by atoms with E-state index in [1.54, 1.807) is 24.4 Å². The highest BCUT2D eigenvalue weighted by Crippen LogP contribution is 2.19. The van der Waals surface area contributed by atoms with Crippen molar-refractivity contribution < 1.29 is 4.79 Å². The van der Waals surface area contributed by atoms with Gasteiger partial charge in [-0.2, -0.15) is 0 Å². The predicted molar refractivity (Wildman–Crippen MR) is 85.6 cm³/mol. The van der Waals surface area contributed by atoms with E-state index in [0.29, 0.717) is 22.0 Å². The first-order valence-electron chi connectivity index (χ1n) is 6.34. The molecule has 0 fully saturated rings. The molecule has 0 saturated heterocycles. The Morgan fingerprint density at radius 2 is 1.95 bits per heavy atom. The maximum atomic E-state index is 12.2. The van der Waals surface area contributed by atoms with Crippen molar-refractivity contribution in [1.82, 2.24) is 4.98 Å². The average molecular weight is 298 g/mol. The molecule has 3 N–H and O–H groups in total. The molecule has 1 amide bonds. The van der Waals surface area contributed by atoms with Gasteiger partial charge in [-0.05, 0) is 30.3 Å². The van der Waals surface area contributed by atoms with Gasteiger partial charge in [-0.1, -0.05) is 29.8 Å². The Bertz CT molecular complexity index is 812. The highest BCUT2D eigenvalue weighted by molar-refractivity contribution is 6.31. The van der Waals surface area contributed by atoms with Crippen LogP contribution in [0.15, 0.2) is 54.7 Å². The number of carbonyl (C=O) groups excluding carboxylic acids is 1. The molecule has 3 rings (SSSR count). The number of aromatic nitrogens is 1. The molecule has 0 aliphatic rings. The number of halogens is 1. The first-order chi connectivity index (χ1) is 10.1. The van der Waals surface area contributed by atoms with Gasteiger partial charge in [0.25, 0.3) is 5.91 Å². The zero-order chi connectivity index (χ0) is 14.8. The molecule has 1 aromatic heterocycles. The van der Waals surface area contributed by atoms with E-state index in [9.17, 15) is 4.79 Å². The molecule has 21 heavy (non-hydrogen) atoms. The van der Waals surface area contributed by atoms with E-state index >= 15 is 0 Å². The van der Waals surface area contributed by atoms with E-state index < -0.39 is 0 Å². The highest BCUT2D eigenvalue weighted by Gasteiger charge is 2.08. The Hall–Kier alpha value is -2.59. The standard InChI is InChI=1S/C16H12ClN3O/c17-12-5-11(6-13(18)8-12)16(21)20-14-7-10-3-1-2-4-15(10)19-9-14/h1-9H,18H2,(H,20,21). The summed E-state index contributed by atoms with van der Waals surface area (Å²) in [5.41, 5.74) is 8.05. The van der Waals surface area contributed by atoms with Crippen molar-refractivity contribution >= 4 is 39.8 Å². The van der Waals surface area contributed by atoms with E-state index in [1.807, 2.05) is 30.3 Å². The minimum absolute atomic E-state index is 0.277. The van der Waals surface area contributed by atoms with Crippen molar-refractivity contribution in [2.75, 3.05) is 11.1 Å². The molecule has 0 spiro atoms. The van der Waals surface area contributed by atoms with Crippen molar-refractivity contribution in [3.05, 3.63) is 65.3 Å². The summed E-state index contributed by atoms with van der Waals surface area (Å²) in [7, 11) is 0. The van der Waals surface area contributed by atoms with Crippen LogP contribution in [-0.2, 0) is 0 Å². The predicted octanol–water partition coefficient (Wildman–Crippen LogP) is 3.72. The lowest BCUT2D eigenvalue weighted by Gasteiger charge is -2.07. The fourth-order valence-corrected chi connectivity index (χ4v) is 2.33. The second-order valence-electron chi connectivity index (χ2n) is 4.64. The van der Waals surface area contributed by atoms with Crippen molar-refractivity contribution in [1.29, 1.82) is 0 Å². The number of amides is 1. The first kappa shape index (κ1) is 13.4. The topological polar surface area (TPSA) is 68.0 Å². The SMILES string of the molecule is Nc1cc(Cl)cc(C(=O)Nc2cnc3ccccc3c2)c1. The molecule has 0 bridgehead atoms. The summed E-state index contributed by atoms with van der Waals surface area (Å²) < 4.78 is 0. The van der Waals surface area contributed by atoms with Gasteiger partial charge >= 0.3 is 0 Å². The van der Waals surface area contributed by atoms with Crippen LogP contribution in [-0.4, -0.2) is 10.9 Å². The van der Waals surface area contributed by atoms with E-state index in [1.165, 1.54) is 0 Å². The summed E-state index contributed by atoms with van der Waals surface area (Å²) in [6, 6.07) is 14.3. The number of hydrogen-bond donors (Lipinski definition) is 2. The van der Waals surface area contributed by atoms with Crippen LogP contribution < -0.4 is 11.1 Å². The second kappa shape index (κ2) is 5.42. The monoisotopic (exact) mass is 297 g/mol. The van der Waals surface area contributed by atoms with E-state index in [4.69, 9.17) is 17.3 Å². The minimum Gasteiger partial charge on any atom is -0.399 e. The molecule has 0 saturated carbocycles. The van der Waals surface area contributed by atoms with Gasteiger partial charge < -0.3 is 11.1 Å². The van der Waals surface area contributed by atoms with Crippen LogP contribution in [0.2, 0.25) is 5.02 Å². The number of nitrogen functional groups attached to an aromatic ring is 1. The molecule has 3 aromatic rings. The Morgan fingerprint density at radius 1 is 1.14 bits per heavy atom. The van der Waals surface area contributed by atoms with Gasteiger partial charge in [-0.3, -0.25) is 9.78 Å². The van der Waals surface area contributed by atoms with E-state index in [-0.39, 0.29) is 5.91 Å². The van der Waals surface area contributed by atoms with Crippen LogP contribution in [0.5, 0.6) is 0 Å². The number of rotatable bonds is 2. The molecule has 0 radical (unpaired) electrons. The summed E-state index contributed by atoms with van der Waals surface area (Å²) in [5.74, 6) is -0.277. The number of nitrogens with one attached hydrogen (secondary N) is 1. The number of anilines is 2. The molecule has 0 aliphatic carbocycles. The summed E-state index contributed by atoms with van der Waals surface area (Å²) in [6.45, 7) is 0. The lowest BCUT2D eigenvalue weighted by molar-refractivity contribution is 0.102. The Labute approximate surface area is 126 Å². The van der Waals surface area contributed by atoms with E-state index in [0.717, 1.165) is 10.9 Å². The minimum atomic E-state index is -0.277. The van der Waals surface area contributed by atoms with Gasteiger partial charge in [-0.25, -0.2) is 0 Å². The van der Waals surface area contributed by atoms with Crippen molar-refractivity contribution in [2.24, 2.45) is 0 Å². The fourth-order valence-electron chi connectivity index (χ4n) is 2.09. The normalized spacial score (nSPS) is 10.5. The Kier molecular flexibility index (Phi) is 3.46. The molecule has 0 aliphatic heterocycles. The number of hydrogen-bond acceptors (Lipinski definition) is 3. The molecule has 2 aromatic carbocycles. The number of carbonyl (C=O) groups is 1. The quantitative estimate of drug-likeness (QED) is 0.708. The molecule has 0 unspecified atom stereocenters. The molecule has 1 heterocycles. The number of nitrogens with two attached hydrogens (primary N) is 1. The molecule has 104 valence electrons. The van der Waals surface area contributed by atoms with Crippen LogP contribution in [0, 0.1) is 0 Å². The third-order valence-corrected chi connectivity index (χ3v) is 3.25. The van der Waals surface area contributed by atoms with Gasteiger partial charge in [0, 0.05) is 21.7 Å². The summed E-state index contributed by atoms with van der Waals surface area (Å²) >= 11 is 5.90. The molecule has 4 nitrogen and oxygen atoms in total. The van der Waals surface area contributed by atoms with E-state index in [2.05, 4.69) is 10.3 Å². The van der Waals surface area contributed by atoms with Crippen LogP contribution in [0.1, 0.15) is 10.4 Å². The fraction of sp³-hybridized carbons (Fsp3) is 0. The number of nitrogens with zero attached hydrogens (tertiary/aromatic N) is 1. The highest BCUT2D eigenvalue weighted by atomic mass is 35.5. The largest absolute Gasteiger partial charge is 0.399 e. The van der Waals surface area contributed by atoms with Crippen LogP contribution >= 0.6 is 11.6 Å². The van der Waals surface area contributed by atoms with Gasteiger partial charge in [0.1, 0.15) is 0 Å². The maximum Gasteiger partial charge on any atom is 0.255 e. The third kappa shape index (κ3) is 2.95. The second-order valence-corrected chi connectivity index (χ2v) is 5.08. The number of pyridine rings is 1. The van der Waals surface area contributed by atoms with Gasteiger partial charge in [0.2, 0.25) is 0 Å². The van der Waals surface area contributed by atoms with Crippen LogP contribution in [0.4, 0.5) is 11.4 Å². The zero-order valence-electron chi connectivity index (χ0n) is 11.0. The summed E-state index contributed by atoms with van der Waals surface area (Å²) in [5, 5.41) is 4.18. The van der Waals surface area contributed by atoms with Gasteiger partial charge in [0.15, 0.2) is 0 Å². The van der Waals surface area contributed by atoms with Crippen molar-refractivity contribution in [3.63, 3.8) is 0 Å². The van der Waals surface area contributed by atoms with Gasteiger partial charge in [-0.15, -0.1) is 0 Å². The number of fused-ring (bicyclic) bond motifs is 1. The summed E-state index contributed by atoms with van der Waals surface area (Å²) in [6.07, 6.45) is 1.62. The lowest BCUT2D eigenvalue weighted by Crippen LogP contribution is -2.12. The maximum absolute atomic E-state index is 12.2.